The van der Waals surface area contributed by atoms with Crippen LogP contribution in [-0.2, 0) is 4.74 Å². The lowest BCUT2D eigenvalue weighted by Crippen LogP contribution is -2.45. The van der Waals surface area contributed by atoms with Gasteiger partial charge in [-0.2, -0.15) is 0 Å². The van der Waals surface area contributed by atoms with Gasteiger partial charge in [-0.15, -0.1) is 0 Å². The molecule has 0 saturated heterocycles. The normalized spacial score (nSPS) is 26.6. The number of rotatable bonds is 4. The van der Waals surface area contributed by atoms with Gasteiger partial charge in [0.2, 0.25) is 0 Å². The second-order valence-corrected chi connectivity index (χ2v) is 3.63. The van der Waals surface area contributed by atoms with Crippen LogP contribution in [-0.4, -0.2) is 31.3 Å². The molecule has 1 saturated carbocycles. The van der Waals surface area contributed by atoms with Gasteiger partial charge in [0.25, 0.3) is 6.43 Å². The van der Waals surface area contributed by atoms with Gasteiger partial charge in [-0.05, 0) is 25.7 Å². The highest BCUT2D eigenvalue weighted by Crippen LogP contribution is 2.21. The van der Waals surface area contributed by atoms with Crippen molar-refractivity contribution in [1.29, 1.82) is 0 Å². The first-order chi connectivity index (χ1) is 7.08. The van der Waals surface area contributed by atoms with Crippen LogP contribution in [0.3, 0.4) is 0 Å². The zero-order chi connectivity index (χ0) is 11.3. The number of hydrogen-bond donors (Lipinski definition) is 1. The molecular weight excluding hydrogens is 208 g/mol. The molecule has 0 spiro atoms. The van der Waals surface area contributed by atoms with E-state index >= 15 is 0 Å². The molecule has 0 aliphatic heterocycles. The minimum Gasteiger partial charge on any atom is -0.530 e. The van der Waals surface area contributed by atoms with Crippen LogP contribution in [0.1, 0.15) is 25.7 Å². The summed E-state index contributed by atoms with van der Waals surface area (Å²) in [5.41, 5.74) is 0. The van der Waals surface area contributed by atoms with Crippen molar-refractivity contribution in [2.45, 2.75) is 44.3 Å². The quantitative estimate of drug-likeness (QED) is 0.754. The second-order valence-electron chi connectivity index (χ2n) is 3.63. The monoisotopic (exact) mass is 222 g/mol. The fourth-order valence-corrected chi connectivity index (χ4v) is 1.75. The molecular formula is C9H14F2NO3-. The topological polar surface area (TPSA) is 61.4 Å². The summed E-state index contributed by atoms with van der Waals surface area (Å²) in [5, 5.41) is 12.5. The molecule has 1 amide bonds. The van der Waals surface area contributed by atoms with E-state index in [2.05, 4.69) is 5.32 Å². The van der Waals surface area contributed by atoms with E-state index in [0.717, 1.165) is 0 Å². The van der Waals surface area contributed by atoms with Crippen LogP contribution < -0.4 is 10.4 Å². The van der Waals surface area contributed by atoms with Crippen LogP contribution in [0.2, 0.25) is 0 Å². The molecule has 6 heteroatoms. The van der Waals surface area contributed by atoms with Crippen LogP contribution in [0.25, 0.3) is 0 Å². The fourth-order valence-electron chi connectivity index (χ4n) is 1.75. The Labute approximate surface area is 86.6 Å². The molecule has 1 fully saturated rings. The average molecular weight is 222 g/mol. The van der Waals surface area contributed by atoms with E-state index in [4.69, 9.17) is 4.74 Å². The molecule has 1 aliphatic rings. The van der Waals surface area contributed by atoms with E-state index in [1.165, 1.54) is 0 Å². The smallest absolute Gasteiger partial charge is 0.261 e. The van der Waals surface area contributed by atoms with E-state index in [1.807, 2.05) is 0 Å². The predicted molar refractivity (Wildman–Crippen MR) is 46.5 cm³/mol. The van der Waals surface area contributed by atoms with Crippen LogP contribution in [0, 0.1) is 0 Å². The highest BCUT2D eigenvalue weighted by molar-refractivity contribution is 5.62. The van der Waals surface area contributed by atoms with Gasteiger partial charge in [-0.1, -0.05) is 0 Å². The first kappa shape index (κ1) is 12.2. The summed E-state index contributed by atoms with van der Waals surface area (Å²) in [4.78, 5) is 10.2. The van der Waals surface area contributed by atoms with Crippen molar-refractivity contribution in [2.24, 2.45) is 0 Å². The predicted octanol–water partition coefficient (Wildman–Crippen LogP) is 0.512. The molecule has 0 unspecified atom stereocenters. The van der Waals surface area contributed by atoms with Crippen molar-refractivity contribution in [3.05, 3.63) is 0 Å². The summed E-state index contributed by atoms with van der Waals surface area (Å²) in [7, 11) is 0. The molecule has 0 bridgehead atoms. The van der Waals surface area contributed by atoms with Crippen LogP contribution >= 0.6 is 0 Å². The second kappa shape index (κ2) is 5.85. The lowest BCUT2D eigenvalue weighted by Gasteiger charge is -2.29. The third-order valence-electron chi connectivity index (χ3n) is 2.45. The molecule has 1 N–H and O–H groups in total. The number of carbonyl (C=O) groups excluding carboxylic acids is 1. The lowest BCUT2D eigenvalue weighted by atomic mass is 9.93. The Morgan fingerprint density at radius 2 is 2.00 bits per heavy atom. The summed E-state index contributed by atoms with van der Waals surface area (Å²) in [6, 6.07) is -0.124. The molecule has 4 nitrogen and oxygen atoms in total. The molecule has 15 heavy (non-hydrogen) atoms. The number of ether oxygens (including phenoxy) is 1. The van der Waals surface area contributed by atoms with Gasteiger partial charge < -0.3 is 20.0 Å². The Kier molecular flexibility index (Phi) is 4.74. The lowest BCUT2D eigenvalue weighted by molar-refractivity contribution is -0.252. The highest BCUT2D eigenvalue weighted by Gasteiger charge is 2.22. The van der Waals surface area contributed by atoms with E-state index in [9.17, 15) is 18.7 Å². The molecule has 0 aromatic heterocycles. The van der Waals surface area contributed by atoms with E-state index in [-0.39, 0.29) is 12.1 Å². The highest BCUT2D eigenvalue weighted by atomic mass is 19.3. The SMILES string of the molecule is O=C([O-])NC1CCC(OCC(F)F)CC1. The number of hydrogen-bond acceptors (Lipinski definition) is 3. The molecule has 1 aliphatic carbocycles. The maximum absolute atomic E-state index is 11.8. The van der Waals surface area contributed by atoms with Crippen molar-refractivity contribution in [1.82, 2.24) is 5.32 Å². The minimum atomic E-state index is -2.44. The zero-order valence-electron chi connectivity index (χ0n) is 8.25. The van der Waals surface area contributed by atoms with Gasteiger partial charge in [-0.25, -0.2) is 8.78 Å². The van der Waals surface area contributed by atoms with Crippen molar-refractivity contribution in [3.8, 4) is 0 Å². The number of amides is 1. The Bertz CT molecular complexity index is 206. The van der Waals surface area contributed by atoms with Crippen molar-refractivity contribution in [3.63, 3.8) is 0 Å². The molecule has 0 radical (unpaired) electrons. The third-order valence-corrected chi connectivity index (χ3v) is 2.45. The van der Waals surface area contributed by atoms with Crippen molar-refractivity contribution < 1.29 is 23.4 Å². The van der Waals surface area contributed by atoms with Gasteiger partial charge in [0.1, 0.15) is 12.7 Å². The van der Waals surface area contributed by atoms with E-state index < -0.39 is 19.1 Å². The maximum atomic E-state index is 11.8. The number of halogens is 2. The zero-order valence-corrected chi connectivity index (χ0v) is 8.25. The Hall–Kier alpha value is -0.910. The summed E-state index contributed by atoms with van der Waals surface area (Å²) in [5.74, 6) is 0. The minimum absolute atomic E-state index is 0.124. The molecule has 0 atom stereocenters. The van der Waals surface area contributed by atoms with E-state index in [1.54, 1.807) is 0 Å². The third kappa shape index (κ3) is 4.92. The number of carboxylic acid groups (broad SMARTS) is 1. The first-order valence-electron chi connectivity index (χ1n) is 4.95. The molecule has 88 valence electrons. The van der Waals surface area contributed by atoms with Crippen molar-refractivity contribution >= 4 is 6.09 Å². The van der Waals surface area contributed by atoms with Crippen LogP contribution in [0.5, 0.6) is 0 Å². The van der Waals surface area contributed by atoms with Gasteiger partial charge in [0.05, 0.1) is 6.10 Å². The summed E-state index contributed by atoms with van der Waals surface area (Å²) >= 11 is 0. The van der Waals surface area contributed by atoms with E-state index in [0.29, 0.717) is 25.7 Å². The standard InChI is InChI=1S/C9H15F2NO3/c10-8(11)5-15-7-3-1-6(2-4-7)12-9(13)14/h6-8,12H,1-5H2,(H,13,14)/p-1. The van der Waals surface area contributed by atoms with Gasteiger partial charge in [0.15, 0.2) is 0 Å². The first-order valence-corrected chi connectivity index (χ1v) is 4.95. The summed E-state index contributed by atoms with van der Waals surface area (Å²) < 4.78 is 28.6. The largest absolute Gasteiger partial charge is 0.530 e. The Morgan fingerprint density at radius 1 is 1.40 bits per heavy atom. The van der Waals surface area contributed by atoms with Crippen LogP contribution in [0.15, 0.2) is 0 Å². The summed E-state index contributed by atoms with van der Waals surface area (Å²) in [6.07, 6.45) is -1.45. The van der Waals surface area contributed by atoms with Gasteiger partial charge >= 0.3 is 0 Å². The molecule has 0 aromatic carbocycles. The molecule has 1 rings (SSSR count). The summed E-state index contributed by atoms with van der Waals surface area (Å²) in [6.45, 7) is -0.538. The Morgan fingerprint density at radius 3 is 2.47 bits per heavy atom. The number of alkyl halides is 2. The maximum Gasteiger partial charge on any atom is 0.261 e. The van der Waals surface area contributed by atoms with Crippen molar-refractivity contribution in [2.75, 3.05) is 6.61 Å². The molecule has 0 aromatic rings. The number of carbonyl (C=O) groups is 1. The molecule has 0 heterocycles. The van der Waals surface area contributed by atoms with Gasteiger partial charge in [-0.3, -0.25) is 0 Å². The fraction of sp³-hybridized carbons (Fsp3) is 0.889. The number of nitrogens with one attached hydrogen (secondary N) is 1. The van der Waals surface area contributed by atoms with Crippen LogP contribution in [0.4, 0.5) is 13.6 Å². The van der Waals surface area contributed by atoms with Gasteiger partial charge in [0, 0.05) is 6.04 Å². The average Bonchev–Trinajstić information content (AvgIpc) is 2.16. The Balaban J connectivity index is 2.15.